The Kier molecular flexibility index (Phi) is 5.15. The number of ether oxygens (including phenoxy) is 1. The van der Waals surface area contributed by atoms with Crippen molar-refractivity contribution >= 4 is 5.91 Å². The second kappa shape index (κ2) is 7.49. The molecule has 1 aliphatic heterocycles. The summed E-state index contributed by atoms with van der Waals surface area (Å²) < 4.78 is 5.69. The fraction of sp³-hybridized carbons (Fsp3) is 0.444. The maximum atomic E-state index is 12.7. The lowest BCUT2D eigenvalue weighted by molar-refractivity contribution is 0.0736. The zero-order valence-corrected chi connectivity index (χ0v) is 14.1. The van der Waals surface area contributed by atoms with E-state index >= 15 is 0 Å². The van der Waals surface area contributed by atoms with Crippen LogP contribution in [0.5, 0.6) is 0 Å². The fourth-order valence-corrected chi connectivity index (χ4v) is 3.01. The van der Waals surface area contributed by atoms with Gasteiger partial charge in [-0.25, -0.2) is 9.97 Å². The van der Waals surface area contributed by atoms with Crippen molar-refractivity contribution in [3.63, 3.8) is 0 Å². The molecule has 2 aromatic heterocycles. The van der Waals surface area contributed by atoms with Crippen molar-refractivity contribution in [1.82, 2.24) is 19.9 Å². The van der Waals surface area contributed by atoms with Crippen molar-refractivity contribution in [3.8, 4) is 0 Å². The quantitative estimate of drug-likeness (QED) is 0.860. The minimum Gasteiger partial charge on any atom is -0.379 e. The van der Waals surface area contributed by atoms with Crippen LogP contribution in [-0.4, -0.2) is 52.1 Å². The highest BCUT2D eigenvalue weighted by molar-refractivity contribution is 5.93. The number of pyridine rings is 1. The number of nitrogens with zero attached hydrogens (tertiary/aromatic N) is 4. The zero-order chi connectivity index (χ0) is 16.9. The SMILES string of the molecule is Cc1cc(C)nc(C[C@@H]2COCCN(C(=O)c3cccnc3)C2)n1. The van der Waals surface area contributed by atoms with E-state index in [1.165, 1.54) is 0 Å². The van der Waals surface area contributed by atoms with E-state index in [1.807, 2.05) is 24.8 Å². The third-order valence-electron chi connectivity index (χ3n) is 4.03. The number of hydrogen-bond donors (Lipinski definition) is 0. The molecule has 1 aliphatic rings. The number of carbonyl (C=O) groups excluding carboxylic acids is 1. The van der Waals surface area contributed by atoms with Crippen LogP contribution < -0.4 is 0 Å². The van der Waals surface area contributed by atoms with E-state index in [9.17, 15) is 4.79 Å². The summed E-state index contributed by atoms with van der Waals surface area (Å²) in [5, 5.41) is 0. The molecular weight excluding hydrogens is 304 g/mol. The molecule has 1 amide bonds. The van der Waals surface area contributed by atoms with Crippen molar-refractivity contribution in [2.45, 2.75) is 20.3 Å². The smallest absolute Gasteiger partial charge is 0.255 e. The van der Waals surface area contributed by atoms with Crippen molar-refractivity contribution in [2.24, 2.45) is 5.92 Å². The van der Waals surface area contributed by atoms with Crippen LogP contribution in [-0.2, 0) is 11.2 Å². The fourth-order valence-electron chi connectivity index (χ4n) is 3.01. The van der Waals surface area contributed by atoms with Crippen LogP contribution in [0.1, 0.15) is 27.6 Å². The number of carbonyl (C=O) groups is 1. The van der Waals surface area contributed by atoms with Gasteiger partial charge in [-0.3, -0.25) is 9.78 Å². The highest BCUT2D eigenvalue weighted by Gasteiger charge is 2.24. The lowest BCUT2D eigenvalue weighted by Crippen LogP contribution is -2.36. The van der Waals surface area contributed by atoms with Gasteiger partial charge in [-0.2, -0.15) is 0 Å². The molecule has 0 aromatic carbocycles. The molecule has 0 aliphatic carbocycles. The molecule has 2 aromatic rings. The van der Waals surface area contributed by atoms with Gasteiger partial charge in [0.2, 0.25) is 0 Å². The van der Waals surface area contributed by atoms with E-state index < -0.39 is 0 Å². The molecule has 1 atom stereocenters. The number of aryl methyl sites for hydroxylation is 2. The van der Waals surface area contributed by atoms with Gasteiger partial charge < -0.3 is 9.64 Å². The van der Waals surface area contributed by atoms with E-state index in [1.54, 1.807) is 24.5 Å². The van der Waals surface area contributed by atoms with Gasteiger partial charge in [-0.15, -0.1) is 0 Å². The molecule has 0 radical (unpaired) electrons. The lowest BCUT2D eigenvalue weighted by atomic mass is 10.0. The summed E-state index contributed by atoms with van der Waals surface area (Å²) in [7, 11) is 0. The molecule has 24 heavy (non-hydrogen) atoms. The Morgan fingerprint density at radius 2 is 2.12 bits per heavy atom. The molecule has 6 nitrogen and oxygen atoms in total. The second-order valence-electron chi connectivity index (χ2n) is 6.20. The minimum absolute atomic E-state index is 0.0000545. The molecule has 3 heterocycles. The number of hydrogen-bond acceptors (Lipinski definition) is 5. The number of rotatable bonds is 3. The van der Waals surface area contributed by atoms with Gasteiger partial charge in [-0.05, 0) is 32.0 Å². The largest absolute Gasteiger partial charge is 0.379 e. The summed E-state index contributed by atoms with van der Waals surface area (Å²) in [6.45, 7) is 6.35. The Morgan fingerprint density at radius 3 is 2.83 bits per heavy atom. The van der Waals surface area contributed by atoms with Crippen molar-refractivity contribution in [2.75, 3.05) is 26.3 Å². The van der Waals surface area contributed by atoms with Crippen molar-refractivity contribution in [1.29, 1.82) is 0 Å². The number of aromatic nitrogens is 3. The van der Waals surface area contributed by atoms with Gasteiger partial charge in [0.15, 0.2) is 0 Å². The average Bonchev–Trinajstić information content (AvgIpc) is 2.79. The normalized spacial score (nSPS) is 18.2. The van der Waals surface area contributed by atoms with Gasteiger partial charge in [0.1, 0.15) is 5.82 Å². The minimum atomic E-state index is -0.0000545. The van der Waals surface area contributed by atoms with Crippen LogP contribution in [0.3, 0.4) is 0 Å². The van der Waals surface area contributed by atoms with Gasteiger partial charge >= 0.3 is 0 Å². The Morgan fingerprint density at radius 1 is 1.33 bits per heavy atom. The highest BCUT2D eigenvalue weighted by Crippen LogP contribution is 2.15. The summed E-state index contributed by atoms with van der Waals surface area (Å²) in [5.41, 5.74) is 2.55. The first kappa shape index (κ1) is 16.5. The van der Waals surface area contributed by atoms with Crippen LogP contribution in [0.2, 0.25) is 0 Å². The van der Waals surface area contributed by atoms with E-state index in [4.69, 9.17) is 4.74 Å². The van der Waals surface area contributed by atoms with E-state index in [2.05, 4.69) is 15.0 Å². The first-order chi connectivity index (χ1) is 11.6. The third kappa shape index (κ3) is 4.14. The van der Waals surface area contributed by atoms with Gasteiger partial charge in [0.05, 0.1) is 18.8 Å². The molecule has 0 spiro atoms. The Hall–Kier alpha value is -2.34. The summed E-state index contributed by atoms with van der Waals surface area (Å²) in [4.78, 5) is 27.5. The summed E-state index contributed by atoms with van der Waals surface area (Å²) in [6, 6.07) is 5.54. The van der Waals surface area contributed by atoms with Gasteiger partial charge in [0, 0.05) is 49.2 Å². The van der Waals surface area contributed by atoms with Crippen LogP contribution in [0.15, 0.2) is 30.6 Å². The standard InChI is InChI=1S/C18H22N4O2/c1-13-8-14(2)21-17(20-13)9-15-11-22(6-7-24-12-15)18(23)16-4-3-5-19-10-16/h3-5,8,10,15H,6-7,9,11-12H2,1-2H3/t15-/m0/s1. The maximum absolute atomic E-state index is 12.7. The van der Waals surface area contributed by atoms with Crippen molar-refractivity contribution < 1.29 is 9.53 Å². The van der Waals surface area contributed by atoms with E-state index in [-0.39, 0.29) is 11.8 Å². The number of amides is 1. The first-order valence-electron chi connectivity index (χ1n) is 8.20. The monoisotopic (exact) mass is 326 g/mol. The van der Waals surface area contributed by atoms with Gasteiger partial charge in [0.25, 0.3) is 5.91 Å². The predicted molar refractivity (Wildman–Crippen MR) is 89.7 cm³/mol. The first-order valence-corrected chi connectivity index (χ1v) is 8.20. The molecule has 0 unspecified atom stereocenters. The molecular formula is C18H22N4O2. The van der Waals surface area contributed by atoms with Gasteiger partial charge in [-0.1, -0.05) is 0 Å². The Labute approximate surface area is 141 Å². The lowest BCUT2D eigenvalue weighted by Gasteiger charge is -2.23. The zero-order valence-electron chi connectivity index (χ0n) is 14.1. The van der Waals surface area contributed by atoms with Crippen LogP contribution >= 0.6 is 0 Å². The Bertz CT molecular complexity index is 685. The molecule has 126 valence electrons. The topological polar surface area (TPSA) is 68.2 Å². The third-order valence-corrected chi connectivity index (χ3v) is 4.03. The molecule has 6 heteroatoms. The molecule has 0 bridgehead atoms. The highest BCUT2D eigenvalue weighted by atomic mass is 16.5. The summed E-state index contributed by atoms with van der Waals surface area (Å²) in [6.07, 6.45) is 3.98. The molecule has 1 fully saturated rings. The molecule has 3 rings (SSSR count). The van der Waals surface area contributed by atoms with Crippen LogP contribution in [0.25, 0.3) is 0 Å². The molecule has 0 N–H and O–H groups in total. The second-order valence-corrected chi connectivity index (χ2v) is 6.20. The van der Waals surface area contributed by atoms with Crippen LogP contribution in [0.4, 0.5) is 0 Å². The van der Waals surface area contributed by atoms with Crippen LogP contribution in [0, 0.1) is 19.8 Å². The average molecular weight is 326 g/mol. The molecule has 0 saturated carbocycles. The summed E-state index contributed by atoms with van der Waals surface area (Å²) >= 11 is 0. The molecule has 1 saturated heterocycles. The Balaban J connectivity index is 1.71. The van der Waals surface area contributed by atoms with Crippen molar-refractivity contribution in [3.05, 3.63) is 53.4 Å². The predicted octanol–water partition coefficient (Wildman–Crippen LogP) is 1.82. The van der Waals surface area contributed by atoms with E-state index in [0.717, 1.165) is 17.2 Å². The van der Waals surface area contributed by atoms with E-state index in [0.29, 0.717) is 38.3 Å². The maximum Gasteiger partial charge on any atom is 0.255 e. The summed E-state index contributed by atoms with van der Waals surface area (Å²) in [5.74, 6) is 1.01.